The van der Waals surface area contributed by atoms with Gasteiger partial charge in [-0.2, -0.15) is 0 Å². The zero-order valence-corrected chi connectivity index (χ0v) is 11.5. The van der Waals surface area contributed by atoms with Crippen molar-refractivity contribution in [3.63, 3.8) is 0 Å². The minimum Gasteiger partial charge on any atom is -0.340 e. The summed E-state index contributed by atoms with van der Waals surface area (Å²) >= 11 is 5.72. The minimum atomic E-state index is -3.44. The number of hydrogen-bond donors (Lipinski definition) is 1. The molecule has 0 saturated carbocycles. The summed E-state index contributed by atoms with van der Waals surface area (Å²) in [6.45, 7) is 3.33. The zero-order chi connectivity index (χ0) is 13.3. The van der Waals surface area contributed by atoms with E-state index in [1.807, 2.05) is 11.8 Å². The van der Waals surface area contributed by atoms with Crippen LogP contribution in [0.5, 0.6) is 0 Å². The summed E-state index contributed by atoms with van der Waals surface area (Å²) in [5.74, 6) is 0.822. The van der Waals surface area contributed by atoms with Gasteiger partial charge in [0, 0.05) is 13.1 Å². The maximum absolute atomic E-state index is 11.1. The van der Waals surface area contributed by atoms with Crippen LogP contribution in [0.4, 0.5) is 5.95 Å². The van der Waals surface area contributed by atoms with Crippen LogP contribution in [0.3, 0.4) is 0 Å². The SMILES string of the molecule is C[C@@H]1CN(c2ncc(Cl)cn2)C[C@H]1CS(N)(=O)=O. The molecule has 0 unspecified atom stereocenters. The van der Waals surface area contributed by atoms with Crippen LogP contribution in [0.25, 0.3) is 0 Å². The Morgan fingerprint density at radius 2 is 2.06 bits per heavy atom. The van der Waals surface area contributed by atoms with Gasteiger partial charge in [-0.3, -0.25) is 0 Å². The van der Waals surface area contributed by atoms with Gasteiger partial charge in [0.2, 0.25) is 16.0 Å². The number of aromatic nitrogens is 2. The summed E-state index contributed by atoms with van der Waals surface area (Å²) in [6, 6.07) is 0. The Balaban J connectivity index is 2.08. The van der Waals surface area contributed by atoms with Gasteiger partial charge >= 0.3 is 0 Å². The lowest BCUT2D eigenvalue weighted by Crippen LogP contribution is -2.28. The molecule has 2 heterocycles. The summed E-state index contributed by atoms with van der Waals surface area (Å²) in [7, 11) is -3.44. The molecular weight excluding hydrogens is 276 g/mol. The van der Waals surface area contributed by atoms with Crippen molar-refractivity contribution in [2.75, 3.05) is 23.7 Å². The molecule has 2 rings (SSSR count). The molecule has 1 aliphatic rings. The molecule has 1 saturated heterocycles. The molecule has 0 aromatic carbocycles. The first-order chi connectivity index (χ1) is 8.35. The Labute approximate surface area is 111 Å². The maximum Gasteiger partial charge on any atom is 0.225 e. The summed E-state index contributed by atoms with van der Waals surface area (Å²) < 4.78 is 22.3. The topological polar surface area (TPSA) is 89.2 Å². The molecule has 1 aromatic rings. The van der Waals surface area contributed by atoms with Crippen molar-refractivity contribution >= 4 is 27.6 Å². The average Bonchev–Trinajstić information content (AvgIpc) is 2.59. The van der Waals surface area contributed by atoms with Crippen molar-refractivity contribution in [3.05, 3.63) is 17.4 Å². The Morgan fingerprint density at radius 3 is 2.61 bits per heavy atom. The van der Waals surface area contributed by atoms with E-state index in [4.69, 9.17) is 16.7 Å². The largest absolute Gasteiger partial charge is 0.340 e. The van der Waals surface area contributed by atoms with Gasteiger partial charge in [0.05, 0.1) is 23.2 Å². The van der Waals surface area contributed by atoms with Crippen LogP contribution >= 0.6 is 11.6 Å². The number of sulfonamides is 1. The first kappa shape index (κ1) is 13.5. The second-order valence-electron chi connectivity index (χ2n) is 4.67. The Hall–Kier alpha value is -0.920. The molecule has 100 valence electrons. The molecule has 0 aliphatic carbocycles. The van der Waals surface area contributed by atoms with E-state index in [0.717, 1.165) is 6.54 Å². The zero-order valence-electron chi connectivity index (χ0n) is 9.95. The van der Waals surface area contributed by atoms with E-state index >= 15 is 0 Å². The van der Waals surface area contributed by atoms with Crippen LogP contribution in [0, 0.1) is 11.8 Å². The van der Waals surface area contributed by atoms with Gasteiger partial charge in [-0.15, -0.1) is 0 Å². The molecule has 6 nitrogen and oxygen atoms in total. The van der Waals surface area contributed by atoms with E-state index < -0.39 is 10.0 Å². The van der Waals surface area contributed by atoms with Gasteiger partial charge in [0.25, 0.3) is 0 Å². The van der Waals surface area contributed by atoms with Crippen LogP contribution in [0.2, 0.25) is 5.02 Å². The van der Waals surface area contributed by atoms with Crippen LogP contribution < -0.4 is 10.0 Å². The molecular formula is C10H15ClN4O2S. The van der Waals surface area contributed by atoms with Gasteiger partial charge < -0.3 is 4.90 Å². The fourth-order valence-electron chi connectivity index (χ4n) is 2.18. The first-order valence-corrected chi connectivity index (χ1v) is 7.67. The number of nitrogens with zero attached hydrogens (tertiary/aromatic N) is 3. The summed E-state index contributed by atoms with van der Waals surface area (Å²) in [6.07, 6.45) is 3.06. The Bertz CT molecular complexity index is 519. The highest BCUT2D eigenvalue weighted by Gasteiger charge is 2.33. The van der Waals surface area contributed by atoms with Crippen molar-refractivity contribution in [1.82, 2.24) is 9.97 Å². The van der Waals surface area contributed by atoms with E-state index in [2.05, 4.69) is 9.97 Å². The molecule has 2 N–H and O–H groups in total. The monoisotopic (exact) mass is 290 g/mol. The van der Waals surface area contributed by atoms with Gasteiger partial charge in [-0.05, 0) is 11.8 Å². The number of halogens is 1. The number of rotatable bonds is 3. The molecule has 2 atom stereocenters. The minimum absolute atomic E-state index is 0.00173. The van der Waals surface area contributed by atoms with Crippen molar-refractivity contribution in [2.24, 2.45) is 17.0 Å². The molecule has 0 amide bonds. The quantitative estimate of drug-likeness (QED) is 0.875. The molecule has 1 fully saturated rings. The smallest absolute Gasteiger partial charge is 0.225 e. The van der Waals surface area contributed by atoms with E-state index in [-0.39, 0.29) is 17.6 Å². The highest BCUT2D eigenvalue weighted by molar-refractivity contribution is 7.89. The van der Waals surface area contributed by atoms with Gasteiger partial charge in [-0.25, -0.2) is 23.5 Å². The van der Waals surface area contributed by atoms with Crippen molar-refractivity contribution in [2.45, 2.75) is 6.92 Å². The normalized spacial score (nSPS) is 24.5. The molecule has 0 bridgehead atoms. The highest BCUT2D eigenvalue weighted by atomic mass is 35.5. The third-order valence-electron chi connectivity index (χ3n) is 3.10. The fraction of sp³-hybridized carbons (Fsp3) is 0.600. The summed E-state index contributed by atoms with van der Waals surface area (Å²) in [5.41, 5.74) is 0. The van der Waals surface area contributed by atoms with E-state index in [1.54, 1.807) is 0 Å². The van der Waals surface area contributed by atoms with Crippen LogP contribution in [0.15, 0.2) is 12.4 Å². The second kappa shape index (κ2) is 4.99. The summed E-state index contributed by atoms with van der Waals surface area (Å²) in [5, 5.41) is 5.57. The number of anilines is 1. The second-order valence-corrected chi connectivity index (χ2v) is 6.77. The lowest BCUT2D eigenvalue weighted by atomic mass is 10.0. The molecule has 1 aliphatic heterocycles. The van der Waals surface area contributed by atoms with Crippen molar-refractivity contribution in [3.8, 4) is 0 Å². The predicted molar refractivity (Wildman–Crippen MR) is 69.9 cm³/mol. The van der Waals surface area contributed by atoms with Gasteiger partial charge in [0.15, 0.2) is 0 Å². The van der Waals surface area contributed by atoms with Crippen molar-refractivity contribution in [1.29, 1.82) is 0 Å². The average molecular weight is 291 g/mol. The Morgan fingerprint density at radius 1 is 1.44 bits per heavy atom. The first-order valence-electron chi connectivity index (χ1n) is 5.58. The number of primary sulfonamides is 1. The van der Waals surface area contributed by atoms with Crippen LogP contribution in [-0.4, -0.2) is 37.2 Å². The summed E-state index contributed by atoms with van der Waals surface area (Å²) in [4.78, 5) is 10.2. The molecule has 18 heavy (non-hydrogen) atoms. The molecule has 0 radical (unpaired) electrons. The highest BCUT2D eigenvalue weighted by Crippen LogP contribution is 2.26. The number of hydrogen-bond acceptors (Lipinski definition) is 5. The van der Waals surface area contributed by atoms with Crippen LogP contribution in [0.1, 0.15) is 6.92 Å². The maximum atomic E-state index is 11.1. The van der Waals surface area contributed by atoms with Gasteiger partial charge in [-0.1, -0.05) is 18.5 Å². The van der Waals surface area contributed by atoms with Crippen molar-refractivity contribution < 1.29 is 8.42 Å². The van der Waals surface area contributed by atoms with E-state index in [0.29, 0.717) is 17.5 Å². The lowest BCUT2D eigenvalue weighted by molar-refractivity contribution is 0.486. The Kier molecular flexibility index (Phi) is 3.74. The van der Waals surface area contributed by atoms with Crippen LogP contribution in [-0.2, 0) is 10.0 Å². The predicted octanol–water partition coefficient (Wildman–Crippen LogP) is 0.491. The fourth-order valence-corrected chi connectivity index (χ4v) is 3.31. The molecule has 1 aromatic heterocycles. The number of nitrogens with two attached hydrogens (primary N) is 1. The van der Waals surface area contributed by atoms with E-state index in [9.17, 15) is 8.42 Å². The van der Waals surface area contributed by atoms with Gasteiger partial charge in [0.1, 0.15) is 0 Å². The molecule has 8 heteroatoms. The lowest BCUT2D eigenvalue weighted by Gasteiger charge is -2.15. The standard InChI is InChI=1S/C10H15ClN4O2S/c1-7-4-15(5-8(7)6-18(12,16)17)10-13-2-9(11)3-14-10/h2-3,7-8H,4-6H2,1H3,(H2,12,16,17)/t7-,8+/m1/s1. The molecule has 0 spiro atoms. The third-order valence-corrected chi connectivity index (χ3v) is 4.19. The third kappa shape index (κ3) is 3.30. The van der Waals surface area contributed by atoms with E-state index in [1.165, 1.54) is 12.4 Å².